The topological polar surface area (TPSA) is 55.1 Å². The summed E-state index contributed by atoms with van der Waals surface area (Å²) in [4.78, 5) is 11.4. The van der Waals surface area contributed by atoms with E-state index in [1.165, 1.54) is 0 Å². The standard InChI is InChI=1S/C10H11ClF2N2O/c11-4-1-5-15-10(16)8-6(12)2-3-7(14)9(8)13/h2-3H,1,4-5,14H2,(H,15,16). The van der Waals surface area contributed by atoms with Crippen LogP contribution in [0.2, 0.25) is 0 Å². The van der Waals surface area contributed by atoms with Gasteiger partial charge in [0, 0.05) is 12.4 Å². The van der Waals surface area contributed by atoms with Crippen LogP contribution in [0.5, 0.6) is 0 Å². The summed E-state index contributed by atoms with van der Waals surface area (Å²) in [6.45, 7) is 0.260. The number of alkyl halides is 1. The van der Waals surface area contributed by atoms with Crippen molar-refractivity contribution in [2.75, 3.05) is 18.2 Å². The first-order valence-corrected chi connectivity index (χ1v) is 5.19. The molecule has 1 aromatic carbocycles. The third-order valence-corrected chi connectivity index (χ3v) is 2.21. The van der Waals surface area contributed by atoms with Crippen molar-refractivity contribution < 1.29 is 13.6 Å². The predicted molar refractivity (Wildman–Crippen MR) is 58.4 cm³/mol. The minimum atomic E-state index is -1.04. The smallest absolute Gasteiger partial charge is 0.257 e. The lowest BCUT2D eigenvalue weighted by Crippen LogP contribution is -2.27. The number of rotatable bonds is 4. The first-order chi connectivity index (χ1) is 7.57. The van der Waals surface area contributed by atoms with E-state index in [4.69, 9.17) is 17.3 Å². The van der Waals surface area contributed by atoms with Gasteiger partial charge in [-0.25, -0.2) is 8.78 Å². The number of anilines is 1. The average Bonchev–Trinajstić information content (AvgIpc) is 2.24. The maximum atomic E-state index is 13.4. The lowest BCUT2D eigenvalue weighted by atomic mass is 10.1. The minimum Gasteiger partial charge on any atom is -0.396 e. The van der Waals surface area contributed by atoms with Crippen molar-refractivity contribution in [1.29, 1.82) is 0 Å². The van der Waals surface area contributed by atoms with E-state index in [-0.39, 0.29) is 12.2 Å². The molecule has 0 aliphatic heterocycles. The number of carbonyl (C=O) groups is 1. The number of nitrogen functional groups attached to an aromatic ring is 1. The Kier molecular flexibility index (Phi) is 4.49. The van der Waals surface area contributed by atoms with Crippen molar-refractivity contribution >= 4 is 23.2 Å². The number of hydrogen-bond acceptors (Lipinski definition) is 2. The number of nitrogens with one attached hydrogen (secondary N) is 1. The zero-order valence-corrected chi connectivity index (χ0v) is 9.15. The largest absolute Gasteiger partial charge is 0.396 e. The van der Waals surface area contributed by atoms with Crippen LogP contribution in [0.3, 0.4) is 0 Å². The van der Waals surface area contributed by atoms with Crippen molar-refractivity contribution in [2.24, 2.45) is 0 Å². The number of nitrogens with two attached hydrogens (primary N) is 1. The molecule has 0 aliphatic rings. The molecule has 6 heteroatoms. The van der Waals surface area contributed by atoms with E-state index in [0.29, 0.717) is 12.3 Å². The van der Waals surface area contributed by atoms with Gasteiger partial charge < -0.3 is 11.1 Å². The second kappa shape index (κ2) is 5.65. The molecule has 16 heavy (non-hydrogen) atoms. The van der Waals surface area contributed by atoms with Crippen LogP contribution in [0.25, 0.3) is 0 Å². The molecule has 1 aromatic rings. The van der Waals surface area contributed by atoms with Crippen LogP contribution in [-0.4, -0.2) is 18.3 Å². The van der Waals surface area contributed by atoms with Gasteiger partial charge >= 0.3 is 0 Å². The van der Waals surface area contributed by atoms with Crippen molar-refractivity contribution in [3.05, 3.63) is 29.3 Å². The van der Waals surface area contributed by atoms with Gasteiger partial charge in [0.15, 0.2) is 5.82 Å². The zero-order chi connectivity index (χ0) is 12.1. The van der Waals surface area contributed by atoms with E-state index in [0.717, 1.165) is 12.1 Å². The highest BCUT2D eigenvalue weighted by Crippen LogP contribution is 2.18. The number of amides is 1. The first kappa shape index (κ1) is 12.7. The number of hydrogen-bond donors (Lipinski definition) is 2. The van der Waals surface area contributed by atoms with Crippen LogP contribution < -0.4 is 11.1 Å². The molecule has 0 radical (unpaired) electrons. The third-order valence-electron chi connectivity index (χ3n) is 1.94. The van der Waals surface area contributed by atoms with Gasteiger partial charge in [-0.1, -0.05) is 0 Å². The Morgan fingerprint density at radius 2 is 2.12 bits per heavy atom. The molecule has 0 unspecified atom stereocenters. The van der Waals surface area contributed by atoms with Gasteiger partial charge in [-0.2, -0.15) is 0 Å². The first-order valence-electron chi connectivity index (χ1n) is 4.65. The highest BCUT2D eigenvalue weighted by Gasteiger charge is 2.18. The maximum Gasteiger partial charge on any atom is 0.257 e. The fourth-order valence-corrected chi connectivity index (χ4v) is 1.27. The van der Waals surface area contributed by atoms with Gasteiger partial charge in [0.05, 0.1) is 5.69 Å². The van der Waals surface area contributed by atoms with Crippen LogP contribution in [0.4, 0.5) is 14.5 Å². The molecule has 0 saturated carbocycles. The Bertz CT molecular complexity index is 399. The molecule has 0 atom stereocenters. The Morgan fingerprint density at radius 3 is 2.75 bits per heavy atom. The molecule has 3 nitrogen and oxygen atoms in total. The second-order valence-electron chi connectivity index (χ2n) is 3.12. The van der Waals surface area contributed by atoms with Crippen molar-refractivity contribution in [3.63, 3.8) is 0 Å². The monoisotopic (exact) mass is 248 g/mol. The highest BCUT2D eigenvalue weighted by atomic mass is 35.5. The zero-order valence-electron chi connectivity index (χ0n) is 8.40. The van der Waals surface area contributed by atoms with Gasteiger partial charge in [-0.05, 0) is 18.6 Å². The quantitative estimate of drug-likeness (QED) is 0.486. The van der Waals surface area contributed by atoms with Crippen molar-refractivity contribution in [3.8, 4) is 0 Å². The summed E-state index contributed by atoms with van der Waals surface area (Å²) in [6.07, 6.45) is 0.527. The lowest BCUT2D eigenvalue weighted by molar-refractivity contribution is 0.0945. The second-order valence-corrected chi connectivity index (χ2v) is 3.50. The van der Waals surface area contributed by atoms with Gasteiger partial charge in [-0.3, -0.25) is 4.79 Å². The summed E-state index contributed by atoms with van der Waals surface area (Å²) in [6, 6.07) is 2.02. The number of carbonyl (C=O) groups excluding carboxylic acids is 1. The van der Waals surface area contributed by atoms with E-state index < -0.39 is 23.1 Å². The van der Waals surface area contributed by atoms with E-state index in [1.54, 1.807) is 0 Å². The Morgan fingerprint density at radius 1 is 1.44 bits per heavy atom. The molecule has 0 aliphatic carbocycles. The van der Waals surface area contributed by atoms with Gasteiger partial charge in [0.25, 0.3) is 5.91 Å². The highest BCUT2D eigenvalue weighted by molar-refractivity contribution is 6.17. The molecule has 88 valence electrons. The molecular weight excluding hydrogens is 238 g/mol. The van der Waals surface area contributed by atoms with Crippen LogP contribution in [0, 0.1) is 11.6 Å². The van der Waals surface area contributed by atoms with Crippen molar-refractivity contribution in [2.45, 2.75) is 6.42 Å². The molecule has 0 heterocycles. The third kappa shape index (κ3) is 2.82. The van der Waals surface area contributed by atoms with E-state index in [9.17, 15) is 13.6 Å². The summed E-state index contributed by atoms with van der Waals surface area (Å²) in [5.74, 6) is -2.44. The van der Waals surface area contributed by atoms with Crippen LogP contribution in [0.15, 0.2) is 12.1 Å². The number of halogens is 3. The summed E-state index contributed by atoms with van der Waals surface area (Å²) in [5, 5.41) is 2.35. The molecule has 0 fully saturated rings. The Labute approximate surface area is 96.6 Å². The van der Waals surface area contributed by atoms with Crippen LogP contribution in [-0.2, 0) is 0 Å². The molecular formula is C10H11ClF2N2O. The SMILES string of the molecule is Nc1ccc(F)c(C(=O)NCCCCl)c1F. The normalized spacial score (nSPS) is 10.2. The lowest BCUT2D eigenvalue weighted by Gasteiger charge is -2.07. The van der Waals surface area contributed by atoms with E-state index >= 15 is 0 Å². The summed E-state index contributed by atoms with van der Waals surface area (Å²) < 4.78 is 26.6. The minimum absolute atomic E-state index is 0.260. The molecule has 0 spiro atoms. The van der Waals surface area contributed by atoms with E-state index in [2.05, 4.69) is 5.32 Å². The molecule has 0 aromatic heterocycles. The molecule has 1 rings (SSSR count). The maximum absolute atomic E-state index is 13.4. The van der Waals surface area contributed by atoms with Gasteiger partial charge in [0.1, 0.15) is 11.4 Å². The van der Waals surface area contributed by atoms with Gasteiger partial charge in [0.2, 0.25) is 0 Å². The summed E-state index contributed by atoms with van der Waals surface area (Å²) >= 11 is 5.40. The van der Waals surface area contributed by atoms with Crippen LogP contribution in [0.1, 0.15) is 16.8 Å². The Balaban J connectivity index is 2.86. The fraction of sp³-hybridized carbons (Fsp3) is 0.300. The predicted octanol–water partition coefficient (Wildman–Crippen LogP) is 1.91. The molecule has 0 bridgehead atoms. The van der Waals surface area contributed by atoms with E-state index in [1.807, 2.05) is 0 Å². The summed E-state index contributed by atoms with van der Waals surface area (Å²) in [7, 11) is 0. The van der Waals surface area contributed by atoms with Crippen LogP contribution >= 0.6 is 11.6 Å². The number of benzene rings is 1. The van der Waals surface area contributed by atoms with Gasteiger partial charge in [-0.15, -0.1) is 11.6 Å². The Hall–Kier alpha value is -1.36. The average molecular weight is 249 g/mol. The molecule has 1 amide bonds. The molecule has 3 N–H and O–H groups in total. The fourth-order valence-electron chi connectivity index (χ4n) is 1.13. The molecule has 0 saturated heterocycles. The van der Waals surface area contributed by atoms with Crippen molar-refractivity contribution in [1.82, 2.24) is 5.32 Å². The summed E-state index contributed by atoms with van der Waals surface area (Å²) in [5.41, 5.74) is 4.32.